The highest BCUT2D eigenvalue weighted by Gasteiger charge is 2.27. The van der Waals surface area contributed by atoms with Crippen LogP contribution in [0.1, 0.15) is 20.3 Å². The van der Waals surface area contributed by atoms with Crippen molar-refractivity contribution in [3.05, 3.63) is 24.3 Å². The monoisotopic (exact) mass is 419 g/mol. The van der Waals surface area contributed by atoms with Crippen LogP contribution in [0.25, 0.3) is 0 Å². The number of benzene rings is 1. The Morgan fingerprint density at radius 1 is 1.11 bits per heavy atom. The summed E-state index contributed by atoms with van der Waals surface area (Å²) < 4.78 is 46.5. The molecule has 9 heteroatoms. The molecule has 0 radical (unpaired) electrons. The molecule has 0 saturated carbocycles. The molecule has 1 unspecified atom stereocenters. The summed E-state index contributed by atoms with van der Waals surface area (Å²) in [6, 6.07) is 7.04. The second-order valence-corrected chi connectivity index (χ2v) is 9.98. The molecule has 1 aromatic carbocycles. The van der Waals surface area contributed by atoms with Gasteiger partial charge in [-0.15, -0.1) is 0 Å². The fraction of sp³-hybridized carbons (Fsp3) is 0.667. The summed E-state index contributed by atoms with van der Waals surface area (Å²) in [5.41, 5.74) is -0.144. The van der Waals surface area contributed by atoms with Gasteiger partial charge < -0.3 is 18.5 Å². The third kappa shape index (κ3) is 8.02. The SMILES string of the molecule is CCOP(=O)(CS(=O)c1ccc(OCCCN2CCOCC2)cc1)OCC. The van der Waals surface area contributed by atoms with Gasteiger partial charge in [-0.2, -0.15) is 0 Å². The first-order chi connectivity index (χ1) is 13.1. The van der Waals surface area contributed by atoms with Crippen LogP contribution in [0.3, 0.4) is 0 Å². The Bertz CT molecular complexity index is 611. The van der Waals surface area contributed by atoms with Crippen LogP contribution in [0, 0.1) is 0 Å². The van der Waals surface area contributed by atoms with Gasteiger partial charge in [0.15, 0.2) is 0 Å². The maximum atomic E-state index is 12.5. The van der Waals surface area contributed by atoms with Gasteiger partial charge in [0.25, 0.3) is 0 Å². The van der Waals surface area contributed by atoms with Crippen LogP contribution in [-0.2, 0) is 29.1 Å². The Balaban J connectivity index is 1.77. The number of hydrogen-bond donors (Lipinski definition) is 0. The molecule has 7 nitrogen and oxygen atoms in total. The van der Waals surface area contributed by atoms with E-state index in [2.05, 4.69) is 4.90 Å². The predicted octanol–water partition coefficient (Wildman–Crippen LogP) is 3.12. The van der Waals surface area contributed by atoms with E-state index in [-0.39, 0.29) is 18.7 Å². The van der Waals surface area contributed by atoms with E-state index in [1.807, 2.05) is 0 Å². The molecule has 1 atom stereocenters. The Kier molecular flexibility index (Phi) is 9.96. The third-order valence-corrected chi connectivity index (χ3v) is 8.31. The molecule has 0 aliphatic carbocycles. The minimum Gasteiger partial charge on any atom is -0.494 e. The maximum absolute atomic E-state index is 12.5. The molecule has 0 spiro atoms. The number of rotatable bonds is 12. The van der Waals surface area contributed by atoms with E-state index in [1.54, 1.807) is 38.1 Å². The van der Waals surface area contributed by atoms with E-state index in [4.69, 9.17) is 18.5 Å². The van der Waals surface area contributed by atoms with E-state index in [0.717, 1.165) is 45.0 Å². The van der Waals surface area contributed by atoms with Gasteiger partial charge in [0.1, 0.15) is 11.2 Å². The van der Waals surface area contributed by atoms with Gasteiger partial charge in [0, 0.05) is 24.5 Å². The minimum atomic E-state index is -3.33. The van der Waals surface area contributed by atoms with E-state index in [0.29, 0.717) is 11.5 Å². The molecule has 1 saturated heterocycles. The first-order valence-electron chi connectivity index (χ1n) is 9.36. The maximum Gasteiger partial charge on any atom is 0.343 e. The van der Waals surface area contributed by atoms with Crippen molar-refractivity contribution in [3.63, 3.8) is 0 Å². The highest BCUT2D eigenvalue weighted by atomic mass is 32.2. The normalized spacial score (nSPS) is 17.0. The Morgan fingerprint density at radius 3 is 2.33 bits per heavy atom. The lowest BCUT2D eigenvalue weighted by molar-refractivity contribution is 0.0358. The van der Waals surface area contributed by atoms with E-state index < -0.39 is 18.4 Å². The summed E-state index contributed by atoms with van der Waals surface area (Å²) in [6.07, 6.45) is 0.944. The van der Waals surface area contributed by atoms with Gasteiger partial charge >= 0.3 is 7.60 Å². The topological polar surface area (TPSA) is 74.3 Å². The molecule has 0 bridgehead atoms. The van der Waals surface area contributed by atoms with Crippen molar-refractivity contribution < 1.29 is 27.3 Å². The molecule has 1 heterocycles. The fourth-order valence-corrected chi connectivity index (χ4v) is 6.36. The minimum absolute atomic E-state index is 0.144. The van der Waals surface area contributed by atoms with Gasteiger partial charge in [0.2, 0.25) is 0 Å². The summed E-state index contributed by atoms with van der Waals surface area (Å²) >= 11 is 0. The Hall–Kier alpha value is -0.760. The molecule has 1 aliphatic heterocycles. The molecule has 0 aromatic heterocycles. The van der Waals surface area contributed by atoms with Crippen LogP contribution < -0.4 is 4.74 Å². The molecule has 1 aromatic rings. The van der Waals surface area contributed by atoms with Crippen LogP contribution in [-0.4, -0.2) is 67.3 Å². The molecule has 1 fully saturated rings. The molecular formula is C18H30NO6PS. The highest BCUT2D eigenvalue weighted by molar-refractivity contribution is 7.92. The van der Waals surface area contributed by atoms with Crippen molar-refractivity contribution in [3.8, 4) is 5.75 Å². The average molecular weight is 419 g/mol. The lowest BCUT2D eigenvalue weighted by Crippen LogP contribution is -2.37. The lowest BCUT2D eigenvalue weighted by Gasteiger charge is -2.26. The quantitative estimate of drug-likeness (QED) is 0.381. The molecule has 0 amide bonds. The second-order valence-electron chi connectivity index (χ2n) is 6.05. The van der Waals surface area contributed by atoms with Crippen LogP contribution in [0.4, 0.5) is 0 Å². The zero-order valence-corrected chi connectivity index (χ0v) is 17.8. The zero-order valence-electron chi connectivity index (χ0n) is 16.1. The first-order valence-corrected chi connectivity index (χ1v) is 12.4. The lowest BCUT2D eigenvalue weighted by atomic mass is 10.3. The van der Waals surface area contributed by atoms with E-state index in [1.165, 1.54) is 0 Å². The standard InChI is InChI=1S/C18H30NO6PS/c1-3-24-26(20,25-4-2)16-27(21)18-8-6-17(7-9-18)23-13-5-10-19-11-14-22-15-12-19/h6-9H,3-5,10-16H2,1-2H3. The summed E-state index contributed by atoms with van der Waals surface area (Å²) in [6.45, 7) is 9.18. The molecule has 0 N–H and O–H groups in total. The van der Waals surface area contributed by atoms with Gasteiger partial charge in [-0.1, -0.05) is 0 Å². The zero-order chi connectivity index (χ0) is 19.5. The van der Waals surface area contributed by atoms with Gasteiger partial charge in [0.05, 0.1) is 43.8 Å². The van der Waals surface area contributed by atoms with Crippen LogP contribution >= 0.6 is 7.60 Å². The Morgan fingerprint density at radius 2 is 1.74 bits per heavy atom. The predicted molar refractivity (Wildman–Crippen MR) is 106 cm³/mol. The first kappa shape index (κ1) is 22.5. The molecular weight excluding hydrogens is 389 g/mol. The summed E-state index contributed by atoms with van der Waals surface area (Å²) in [4.78, 5) is 2.95. The van der Waals surface area contributed by atoms with Gasteiger partial charge in [-0.25, -0.2) is 0 Å². The summed E-state index contributed by atoms with van der Waals surface area (Å²) in [5, 5.41) is 0. The van der Waals surface area contributed by atoms with Crippen LogP contribution in [0.2, 0.25) is 0 Å². The largest absolute Gasteiger partial charge is 0.494 e. The summed E-state index contributed by atoms with van der Waals surface area (Å²) in [5.74, 6) is 0.732. The number of nitrogens with zero attached hydrogens (tertiary/aromatic N) is 1. The molecule has 1 aliphatic rings. The van der Waals surface area contributed by atoms with E-state index in [9.17, 15) is 8.77 Å². The summed E-state index contributed by atoms with van der Waals surface area (Å²) in [7, 11) is -4.80. The van der Waals surface area contributed by atoms with Crippen molar-refractivity contribution in [2.24, 2.45) is 0 Å². The fourth-order valence-electron chi connectivity index (χ4n) is 2.71. The van der Waals surface area contributed by atoms with Crippen LogP contribution in [0.15, 0.2) is 29.2 Å². The second kappa shape index (κ2) is 11.9. The van der Waals surface area contributed by atoms with Gasteiger partial charge in [-0.3, -0.25) is 13.7 Å². The van der Waals surface area contributed by atoms with Crippen molar-refractivity contribution in [2.45, 2.75) is 25.2 Å². The Labute approximate surface area is 164 Å². The molecule has 2 rings (SSSR count). The highest BCUT2D eigenvalue weighted by Crippen LogP contribution is 2.49. The van der Waals surface area contributed by atoms with E-state index >= 15 is 0 Å². The van der Waals surface area contributed by atoms with Crippen molar-refractivity contribution in [1.29, 1.82) is 0 Å². The smallest absolute Gasteiger partial charge is 0.343 e. The molecule has 27 heavy (non-hydrogen) atoms. The van der Waals surface area contributed by atoms with Crippen molar-refractivity contribution in [2.75, 3.05) is 58.2 Å². The average Bonchev–Trinajstić information content (AvgIpc) is 2.67. The van der Waals surface area contributed by atoms with Gasteiger partial charge in [-0.05, 0) is 44.5 Å². The molecule has 154 valence electrons. The van der Waals surface area contributed by atoms with Crippen molar-refractivity contribution in [1.82, 2.24) is 4.90 Å². The number of ether oxygens (including phenoxy) is 2. The number of morpholine rings is 1. The van der Waals surface area contributed by atoms with Crippen LogP contribution in [0.5, 0.6) is 5.75 Å². The van der Waals surface area contributed by atoms with Crippen molar-refractivity contribution >= 4 is 18.4 Å². The number of hydrogen-bond acceptors (Lipinski definition) is 7. The third-order valence-electron chi connectivity index (χ3n) is 4.00.